The molecule has 6 heteroatoms. The van der Waals surface area contributed by atoms with Crippen molar-refractivity contribution in [1.82, 2.24) is 9.13 Å². The average molecular weight is 278 g/mol. The van der Waals surface area contributed by atoms with Crippen LogP contribution in [0.15, 0.2) is 33.3 Å². The molecule has 0 fully saturated rings. The largest absolute Gasteiger partial charge is 0.330 e. The van der Waals surface area contributed by atoms with Gasteiger partial charge in [0.25, 0.3) is 5.56 Å². The van der Waals surface area contributed by atoms with Crippen molar-refractivity contribution in [2.24, 2.45) is 7.05 Å². The lowest BCUT2D eigenvalue weighted by atomic mass is 10.2. The van der Waals surface area contributed by atoms with Gasteiger partial charge in [-0.25, -0.2) is 4.79 Å². The van der Waals surface area contributed by atoms with E-state index in [1.165, 1.54) is 24.7 Å². The zero-order valence-corrected chi connectivity index (χ0v) is 11.6. The van der Waals surface area contributed by atoms with E-state index in [0.29, 0.717) is 13.0 Å². The second-order valence-electron chi connectivity index (χ2n) is 4.27. The van der Waals surface area contributed by atoms with E-state index in [1.807, 2.05) is 17.5 Å². The average Bonchev–Trinajstić information content (AvgIpc) is 2.88. The molecule has 5 nitrogen and oxygen atoms in total. The van der Waals surface area contributed by atoms with Crippen LogP contribution in [0.3, 0.4) is 0 Å². The van der Waals surface area contributed by atoms with Gasteiger partial charge in [0.05, 0.1) is 5.56 Å². The fourth-order valence-electron chi connectivity index (χ4n) is 1.81. The topological polar surface area (TPSA) is 61.1 Å². The van der Waals surface area contributed by atoms with Crippen LogP contribution < -0.4 is 11.2 Å². The molecule has 0 N–H and O–H groups in total. The van der Waals surface area contributed by atoms with Crippen LogP contribution in [0, 0.1) is 0 Å². The van der Waals surface area contributed by atoms with Crippen LogP contribution in [-0.2, 0) is 20.0 Å². The third-order valence-electron chi connectivity index (χ3n) is 2.91. The first-order chi connectivity index (χ1) is 9.00. The number of aryl methyl sites for hydroxylation is 2. The number of Topliss-reactive ketones (excluding diaryl/α,β-unsaturated/α-hetero) is 1. The predicted molar refractivity (Wildman–Crippen MR) is 74.0 cm³/mol. The molecule has 0 bridgehead atoms. The van der Waals surface area contributed by atoms with E-state index in [4.69, 9.17) is 0 Å². The minimum absolute atomic E-state index is 0.0493. The summed E-state index contributed by atoms with van der Waals surface area (Å²) in [5.74, 6) is -0.328. The molecule has 2 heterocycles. The lowest BCUT2D eigenvalue weighted by molar-refractivity contribution is 0.101. The third kappa shape index (κ3) is 2.73. The Labute approximate surface area is 113 Å². The number of hydrogen-bond donors (Lipinski definition) is 0. The molecule has 0 aliphatic heterocycles. The van der Waals surface area contributed by atoms with E-state index >= 15 is 0 Å². The van der Waals surface area contributed by atoms with Crippen molar-refractivity contribution in [2.45, 2.75) is 19.9 Å². The lowest BCUT2D eigenvalue weighted by Gasteiger charge is -2.08. The van der Waals surface area contributed by atoms with E-state index < -0.39 is 11.2 Å². The predicted octanol–water partition coefficient (Wildman–Crippen LogP) is 1.05. The molecule has 0 unspecified atom stereocenters. The minimum Gasteiger partial charge on any atom is -0.299 e. The molecule has 0 radical (unpaired) electrons. The highest BCUT2D eigenvalue weighted by Crippen LogP contribution is 2.09. The number of hydrogen-bond acceptors (Lipinski definition) is 4. The van der Waals surface area contributed by atoms with E-state index in [1.54, 1.807) is 11.3 Å². The summed E-state index contributed by atoms with van der Waals surface area (Å²) in [4.78, 5) is 36.2. The molecule has 0 saturated heterocycles. The molecule has 0 aliphatic carbocycles. The highest BCUT2D eigenvalue weighted by molar-refractivity contribution is 7.09. The summed E-state index contributed by atoms with van der Waals surface area (Å²) in [6.07, 6.45) is 2.06. The van der Waals surface area contributed by atoms with Crippen LogP contribution in [0.4, 0.5) is 0 Å². The standard InChI is InChI=1S/C13H14N2O3S/c1-9(16)11-8-15(13(18)14(2)12(11)17)6-5-10-4-3-7-19-10/h3-4,7-8H,5-6H2,1-2H3. The molecule has 19 heavy (non-hydrogen) atoms. The van der Waals surface area contributed by atoms with Gasteiger partial charge in [-0.05, 0) is 24.8 Å². The van der Waals surface area contributed by atoms with Crippen molar-refractivity contribution < 1.29 is 4.79 Å². The van der Waals surface area contributed by atoms with Gasteiger partial charge in [-0.2, -0.15) is 0 Å². The number of ketones is 1. The van der Waals surface area contributed by atoms with E-state index in [2.05, 4.69) is 0 Å². The molecule has 100 valence electrons. The fraction of sp³-hybridized carbons (Fsp3) is 0.308. The maximum atomic E-state index is 11.9. The quantitative estimate of drug-likeness (QED) is 0.785. The Bertz CT molecular complexity index is 710. The first-order valence-corrected chi connectivity index (χ1v) is 6.72. The van der Waals surface area contributed by atoms with Gasteiger partial charge in [0, 0.05) is 24.7 Å². The number of carbonyl (C=O) groups is 1. The Morgan fingerprint density at radius 1 is 1.37 bits per heavy atom. The molecular formula is C13H14N2O3S. The molecule has 0 amide bonds. The van der Waals surface area contributed by atoms with Gasteiger partial charge in [-0.3, -0.25) is 18.7 Å². The van der Waals surface area contributed by atoms with E-state index in [9.17, 15) is 14.4 Å². The van der Waals surface area contributed by atoms with Crippen LogP contribution in [0.2, 0.25) is 0 Å². The second-order valence-corrected chi connectivity index (χ2v) is 5.30. The third-order valence-corrected chi connectivity index (χ3v) is 3.85. The molecule has 0 aromatic carbocycles. The summed E-state index contributed by atoms with van der Waals surface area (Å²) in [5.41, 5.74) is -0.885. The first-order valence-electron chi connectivity index (χ1n) is 5.84. The normalized spacial score (nSPS) is 10.6. The summed E-state index contributed by atoms with van der Waals surface area (Å²) in [6, 6.07) is 3.94. The Morgan fingerprint density at radius 3 is 2.68 bits per heavy atom. The SMILES string of the molecule is CC(=O)c1cn(CCc2cccs2)c(=O)n(C)c1=O. The number of thiophene rings is 1. The number of aromatic nitrogens is 2. The van der Waals surface area contributed by atoms with Crippen molar-refractivity contribution in [3.63, 3.8) is 0 Å². The van der Waals surface area contributed by atoms with Gasteiger partial charge in [-0.1, -0.05) is 6.07 Å². The Hall–Kier alpha value is -1.95. The van der Waals surface area contributed by atoms with Gasteiger partial charge in [0.1, 0.15) is 0 Å². The maximum absolute atomic E-state index is 11.9. The van der Waals surface area contributed by atoms with Gasteiger partial charge in [-0.15, -0.1) is 11.3 Å². The van der Waals surface area contributed by atoms with Crippen molar-refractivity contribution in [1.29, 1.82) is 0 Å². The lowest BCUT2D eigenvalue weighted by Crippen LogP contribution is -2.40. The molecule has 2 rings (SSSR count). The molecule has 2 aromatic rings. The molecule has 0 spiro atoms. The molecule has 0 atom stereocenters. The van der Waals surface area contributed by atoms with Crippen LogP contribution in [0.5, 0.6) is 0 Å². The van der Waals surface area contributed by atoms with Crippen LogP contribution in [0.25, 0.3) is 0 Å². The van der Waals surface area contributed by atoms with Crippen LogP contribution >= 0.6 is 11.3 Å². The fourth-order valence-corrected chi connectivity index (χ4v) is 2.51. The number of rotatable bonds is 4. The van der Waals surface area contributed by atoms with Gasteiger partial charge in [0.2, 0.25) is 0 Å². The summed E-state index contributed by atoms with van der Waals surface area (Å²) in [6.45, 7) is 1.78. The smallest absolute Gasteiger partial charge is 0.299 e. The van der Waals surface area contributed by atoms with Gasteiger partial charge >= 0.3 is 5.69 Å². The summed E-state index contributed by atoms with van der Waals surface area (Å²) < 4.78 is 2.39. The van der Waals surface area contributed by atoms with Crippen molar-refractivity contribution >= 4 is 17.1 Å². The Kier molecular flexibility index (Phi) is 3.80. The number of carbonyl (C=O) groups excluding carboxylic acids is 1. The van der Waals surface area contributed by atoms with Gasteiger partial charge in [0.15, 0.2) is 5.78 Å². The van der Waals surface area contributed by atoms with Crippen LogP contribution in [0.1, 0.15) is 22.2 Å². The maximum Gasteiger partial charge on any atom is 0.330 e. The summed E-state index contributed by atoms with van der Waals surface area (Å²) in [5, 5.41) is 1.97. The summed E-state index contributed by atoms with van der Waals surface area (Å²) >= 11 is 1.62. The van der Waals surface area contributed by atoms with Crippen molar-refractivity contribution in [2.75, 3.05) is 0 Å². The van der Waals surface area contributed by atoms with Crippen molar-refractivity contribution in [3.8, 4) is 0 Å². The van der Waals surface area contributed by atoms with Crippen molar-refractivity contribution in [3.05, 3.63) is 55.0 Å². The second kappa shape index (κ2) is 5.36. The molecule has 0 aliphatic rings. The molecular weight excluding hydrogens is 264 g/mol. The minimum atomic E-state index is -0.537. The Balaban J connectivity index is 2.38. The zero-order valence-electron chi connectivity index (χ0n) is 10.8. The van der Waals surface area contributed by atoms with E-state index in [0.717, 1.165) is 9.44 Å². The molecule has 0 saturated carbocycles. The monoisotopic (exact) mass is 278 g/mol. The molecule has 2 aromatic heterocycles. The zero-order chi connectivity index (χ0) is 14.0. The van der Waals surface area contributed by atoms with Crippen LogP contribution in [-0.4, -0.2) is 14.9 Å². The summed E-state index contributed by atoms with van der Waals surface area (Å²) in [7, 11) is 1.39. The first kappa shape index (κ1) is 13.5. The Morgan fingerprint density at radius 2 is 2.11 bits per heavy atom. The highest BCUT2D eigenvalue weighted by atomic mass is 32.1. The van der Waals surface area contributed by atoms with Gasteiger partial charge < -0.3 is 0 Å². The van der Waals surface area contributed by atoms with E-state index in [-0.39, 0.29) is 11.3 Å². The number of nitrogens with zero attached hydrogens (tertiary/aromatic N) is 2. The highest BCUT2D eigenvalue weighted by Gasteiger charge is 2.12.